The van der Waals surface area contributed by atoms with Gasteiger partial charge in [0, 0.05) is 16.9 Å². The Morgan fingerprint density at radius 3 is 2.82 bits per heavy atom. The lowest BCUT2D eigenvalue weighted by atomic mass is 10.0. The molecule has 0 atom stereocenters. The summed E-state index contributed by atoms with van der Waals surface area (Å²) in [4.78, 5) is 13.0. The van der Waals surface area contributed by atoms with E-state index in [1.165, 1.54) is 12.1 Å². The number of Topliss-reactive ketones (excluding diaryl/α,β-unsaturated/α-hetero) is 1. The van der Waals surface area contributed by atoms with Crippen molar-refractivity contribution in [1.82, 2.24) is 0 Å². The zero-order valence-electron chi connectivity index (χ0n) is 9.15. The van der Waals surface area contributed by atoms with E-state index in [9.17, 15) is 9.18 Å². The number of carbonyl (C=O) groups is 1. The van der Waals surface area contributed by atoms with Gasteiger partial charge in [0.1, 0.15) is 5.82 Å². The molecule has 0 aliphatic heterocycles. The van der Waals surface area contributed by atoms with Gasteiger partial charge in [0.25, 0.3) is 0 Å². The molecule has 0 aliphatic carbocycles. The van der Waals surface area contributed by atoms with Gasteiger partial charge >= 0.3 is 0 Å². The van der Waals surface area contributed by atoms with Crippen LogP contribution in [-0.4, -0.2) is 5.78 Å². The number of nitrogen functional groups attached to an aromatic ring is 1. The van der Waals surface area contributed by atoms with Gasteiger partial charge in [0.15, 0.2) is 5.78 Å². The number of para-hydroxylation sites is 1. The molecule has 2 N–H and O–H groups in total. The number of nitrogens with two attached hydrogens (primary N) is 1. The minimum Gasteiger partial charge on any atom is -0.396 e. The minimum absolute atomic E-state index is 0.0521. The van der Waals surface area contributed by atoms with Crippen molar-refractivity contribution in [2.24, 2.45) is 0 Å². The van der Waals surface area contributed by atoms with E-state index in [0.29, 0.717) is 12.8 Å². The fourth-order valence-electron chi connectivity index (χ4n) is 1.61. The van der Waals surface area contributed by atoms with Crippen LogP contribution in [0.2, 0.25) is 0 Å². The predicted octanol–water partition coefficient (Wildman–Crippen LogP) is 3.28. The molecule has 2 nitrogen and oxygen atoms in total. The third-order valence-corrected chi connectivity index (χ3v) is 3.47. The molecule has 0 saturated heterocycles. The summed E-state index contributed by atoms with van der Waals surface area (Å²) in [6, 6.07) is 8.25. The summed E-state index contributed by atoms with van der Waals surface area (Å²) in [5, 5.41) is 1.97. The zero-order chi connectivity index (χ0) is 12.3. The Labute approximate surface area is 103 Å². The van der Waals surface area contributed by atoms with Gasteiger partial charge in [-0.15, -0.1) is 11.3 Å². The average Bonchev–Trinajstić information content (AvgIpc) is 2.82. The fraction of sp³-hybridized carbons (Fsp3) is 0.154. The number of hydrogen-bond acceptors (Lipinski definition) is 3. The molecule has 0 saturated carbocycles. The van der Waals surface area contributed by atoms with Gasteiger partial charge < -0.3 is 5.73 Å². The quantitative estimate of drug-likeness (QED) is 0.667. The number of ketones is 1. The number of carbonyl (C=O) groups excluding carboxylic acids is 1. The number of anilines is 1. The summed E-state index contributed by atoms with van der Waals surface area (Å²) in [7, 11) is 0. The average molecular weight is 249 g/mol. The third kappa shape index (κ3) is 2.71. The first-order valence-corrected chi connectivity index (χ1v) is 6.16. The first-order chi connectivity index (χ1) is 8.18. The van der Waals surface area contributed by atoms with Crippen LogP contribution in [0, 0.1) is 5.82 Å². The van der Waals surface area contributed by atoms with Crippen molar-refractivity contribution >= 4 is 22.8 Å². The molecule has 2 aromatic rings. The van der Waals surface area contributed by atoms with Crippen LogP contribution in [0.25, 0.3) is 0 Å². The summed E-state index contributed by atoms with van der Waals surface area (Å²) in [6.45, 7) is 0. The molecule has 1 aromatic heterocycles. The van der Waals surface area contributed by atoms with Crippen LogP contribution in [0.15, 0.2) is 35.7 Å². The van der Waals surface area contributed by atoms with E-state index in [-0.39, 0.29) is 17.0 Å². The molecule has 0 aliphatic rings. The smallest absolute Gasteiger partial charge is 0.165 e. The molecule has 0 amide bonds. The van der Waals surface area contributed by atoms with Crippen LogP contribution < -0.4 is 5.73 Å². The topological polar surface area (TPSA) is 43.1 Å². The van der Waals surface area contributed by atoms with Gasteiger partial charge in [-0.1, -0.05) is 12.1 Å². The second kappa shape index (κ2) is 5.10. The molecule has 2 rings (SSSR count). The van der Waals surface area contributed by atoms with Crippen LogP contribution in [0.5, 0.6) is 0 Å². The van der Waals surface area contributed by atoms with Gasteiger partial charge in [-0.25, -0.2) is 4.39 Å². The summed E-state index contributed by atoms with van der Waals surface area (Å²) in [6.07, 6.45) is 1.03. The van der Waals surface area contributed by atoms with E-state index in [0.717, 1.165) is 4.88 Å². The SMILES string of the molecule is Nc1c(F)cccc1C(=O)CCc1cccs1. The maximum atomic E-state index is 13.2. The van der Waals surface area contributed by atoms with Gasteiger partial charge in [-0.05, 0) is 30.0 Å². The van der Waals surface area contributed by atoms with Gasteiger partial charge in [0.05, 0.1) is 5.69 Å². The van der Waals surface area contributed by atoms with Crippen molar-refractivity contribution in [3.05, 3.63) is 52.0 Å². The van der Waals surface area contributed by atoms with Crippen LogP contribution in [-0.2, 0) is 6.42 Å². The Balaban J connectivity index is 2.07. The van der Waals surface area contributed by atoms with E-state index in [4.69, 9.17) is 5.73 Å². The Bertz CT molecular complexity index is 522. The normalized spacial score (nSPS) is 10.4. The van der Waals surface area contributed by atoms with E-state index in [1.54, 1.807) is 17.4 Å². The van der Waals surface area contributed by atoms with Crippen molar-refractivity contribution < 1.29 is 9.18 Å². The first-order valence-electron chi connectivity index (χ1n) is 5.28. The van der Waals surface area contributed by atoms with E-state index >= 15 is 0 Å². The largest absolute Gasteiger partial charge is 0.396 e. The fourth-order valence-corrected chi connectivity index (χ4v) is 2.32. The van der Waals surface area contributed by atoms with Crippen molar-refractivity contribution in [2.75, 3.05) is 5.73 Å². The number of aryl methyl sites for hydroxylation is 1. The highest BCUT2D eigenvalue weighted by Crippen LogP contribution is 2.19. The van der Waals surface area contributed by atoms with Gasteiger partial charge in [-0.2, -0.15) is 0 Å². The van der Waals surface area contributed by atoms with Gasteiger partial charge in [-0.3, -0.25) is 4.79 Å². The summed E-state index contributed by atoms with van der Waals surface area (Å²) in [5.41, 5.74) is 5.77. The lowest BCUT2D eigenvalue weighted by Crippen LogP contribution is -2.06. The third-order valence-electron chi connectivity index (χ3n) is 2.53. The number of rotatable bonds is 4. The number of hydrogen-bond donors (Lipinski definition) is 1. The molecule has 0 unspecified atom stereocenters. The Hall–Kier alpha value is -1.68. The van der Waals surface area contributed by atoms with Crippen LogP contribution in [0.1, 0.15) is 21.7 Å². The molecule has 1 aromatic carbocycles. The lowest BCUT2D eigenvalue weighted by molar-refractivity contribution is 0.0983. The highest BCUT2D eigenvalue weighted by Gasteiger charge is 2.12. The monoisotopic (exact) mass is 249 g/mol. The zero-order valence-corrected chi connectivity index (χ0v) is 9.97. The van der Waals surface area contributed by atoms with Crippen LogP contribution in [0.3, 0.4) is 0 Å². The van der Waals surface area contributed by atoms with Crippen LogP contribution in [0.4, 0.5) is 10.1 Å². The Morgan fingerprint density at radius 1 is 1.29 bits per heavy atom. The predicted molar refractivity (Wildman–Crippen MR) is 67.8 cm³/mol. The van der Waals surface area contributed by atoms with Crippen LogP contribution >= 0.6 is 11.3 Å². The molecule has 0 spiro atoms. The molecule has 0 radical (unpaired) electrons. The number of thiophene rings is 1. The molecule has 17 heavy (non-hydrogen) atoms. The van der Waals surface area contributed by atoms with Crippen molar-refractivity contribution in [3.63, 3.8) is 0 Å². The number of benzene rings is 1. The second-order valence-electron chi connectivity index (χ2n) is 3.70. The molecule has 1 heterocycles. The van der Waals surface area contributed by atoms with Crippen molar-refractivity contribution in [1.29, 1.82) is 0 Å². The highest BCUT2D eigenvalue weighted by molar-refractivity contribution is 7.09. The molecule has 0 fully saturated rings. The highest BCUT2D eigenvalue weighted by atomic mass is 32.1. The maximum Gasteiger partial charge on any atom is 0.165 e. The molecule has 88 valence electrons. The van der Waals surface area contributed by atoms with Gasteiger partial charge in [0.2, 0.25) is 0 Å². The Kier molecular flexibility index (Phi) is 3.54. The van der Waals surface area contributed by atoms with E-state index in [2.05, 4.69) is 0 Å². The standard InChI is InChI=1S/C13H12FNOS/c14-11-5-1-4-10(13(11)15)12(16)7-6-9-3-2-8-17-9/h1-5,8H,6-7,15H2. The first kappa shape index (κ1) is 11.8. The van der Waals surface area contributed by atoms with Crippen molar-refractivity contribution in [2.45, 2.75) is 12.8 Å². The maximum absolute atomic E-state index is 13.2. The Morgan fingerprint density at radius 2 is 2.12 bits per heavy atom. The molecule has 4 heteroatoms. The second-order valence-corrected chi connectivity index (χ2v) is 4.74. The summed E-state index contributed by atoms with van der Waals surface area (Å²) in [5.74, 6) is -0.651. The lowest BCUT2D eigenvalue weighted by Gasteiger charge is -2.04. The number of halogens is 1. The summed E-state index contributed by atoms with van der Waals surface area (Å²) < 4.78 is 13.2. The molecular weight excluding hydrogens is 237 g/mol. The van der Waals surface area contributed by atoms with E-state index < -0.39 is 5.82 Å². The van der Waals surface area contributed by atoms with E-state index in [1.807, 2.05) is 17.5 Å². The minimum atomic E-state index is -0.535. The molecular formula is C13H12FNOS. The molecule has 0 bridgehead atoms. The summed E-state index contributed by atoms with van der Waals surface area (Å²) >= 11 is 1.61. The van der Waals surface area contributed by atoms with Crippen molar-refractivity contribution in [3.8, 4) is 0 Å².